The second-order valence-corrected chi connectivity index (χ2v) is 2.13. The summed E-state index contributed by atoms with van der Waals surface area (Å²) in [5, 5.41) is 6.87. The molecule has 0 unspecified atom stereocenters. The fourth-order valence-electron chi connectivity index (χ4n) is 0.675. The summed E-state index contributed by atoms with van der Waals surface area (Å²) < 4.78 is 1.31. The van der Waals surface area contributed by atoms with Gasteiger partial charge in [-0.25, -0.2) is 9.67 Å². The zero-order chi connectivity index (χ0) is 8.97. The Morgan fingerprint density at radius 1 is 1.92 bits per heavy atom. The molecular formula is C5H6N6O. The van der Waals surface area contributed by atoms with Crippen molar-refractivity contribution in [3.05, 3.63) is 16.8 Å². The number of azide groups is 1. The standard InChI is InChI=1S/C5H6N6O/c1-4(12)2-11-3-7-5(9-11)8-10-6/h3H,2H2,1H3. The SMILES string of the molecule is CC(=O)Cn1cnc(N=[N+]=[N-])n1. The van der Waals surface area contributed by atoms with Crippen LogP contribution in [0.5, 0.6) is 0 Å². The smallest absolute Gasteiger partial charge is 0.237 e. The van der Waals surface area contributed by atoms with Crippen LogP contribution in [-0.4, -0.2) is 20.5 Å². The summed E-state index contributed by atoms with van der Waals surface area (Å²) in [5.41, 5.74) is 8.01. The third-order valence-electron chi connectivity index (χ3n) is 1.04. The van der Waals surface area contributed by atoms with Crippen molar-refractivity contribution in [2.24, 2.45) is 5.11 Å². The van der Waals surface area contributed by atoms with Gasteiger partial charge in [0, 0.05) is 4.91 Å². The number of hydrogen-bond acceptors (Lipinski definition) is 4. The molecule has 0 saturated heterocycles. The van der Waals surface area contributed by atoms with E-state index in [1.54, 1.807) is 0 Å². The van der Waals surface area contributed by atoms with Crippen LogP contribution < -0.4 is 0 Å². The first kappa shape index (κ1) is 8.22. The summed E-state index contributed by atoms with van der Waals surface area (Å²) in [6.45, 7) is 1.59. The highest BCUT2D eigenvalue weighted by Gasteiger charge is 1.99. The van der Waals surface area contributed by atoms with E-state index in [1.807, 2.05) is 0 Å². The van der Waals surface area contributed by atoms with Crippen LogP contribution in [0.25, 0.3) is 10.4 Å². The molecule has 1 heterocycles. The Kier molecular flexibility index (Phi) is 2.39. The maximum absolute atomic E-state index is 10.6. The van der Waals surface area contributed by atoms with Crippen LogP contribution in [0.2, 0.25) is 0 Å². The van der Waals surface area contributed by atoms with Crippen LogP contribution in [0.3, 0.4) is 0 Å². The van der Waals surface area contributed by atoms with Gasteiger partial charge in [0.25, 0.3) is 0 Å². The van der Waals surface area contributed by atoms with Crippen molar-refractivity contribution in [1.29, 1.82) is 0 Å². The van der Waals surface area contributed by atoms with Crippen LogP contribution >= 0.6 is 0 Å². The molecule has 7 heteroatoms. The molecular weight excluding hydrogens is 160 g/mol. The predicted octanol–water partition coefficient (Wildman–Crippen LogP) is 0.809. The molecule has 7 nitrogen and oxygen atoms in total. The van der Waals surface area contributed by atoms with E-state index in [2.05, 4.69) is 20.1 Å². The summed E-state index contributed by atoms with van der Waals surface area (Å²) in [5.74, 6) is -0.00821. The number of hydrogen-bond donors (Lipinski definition) is 0. The molecule has 62 valence electrons. The molecule has 0 saturated carbocycles. The lowest BCUT2D eigenvalue weighted by Crippen LogP contribution is -2.05. The summed E-state index contributed by atoms with van der Waals surface area (Å²) in [6.07, 6.45) is 1.34. The number of ketones is 1. The minimum atomic E-state index is -0.0348. The van der Waals surface area contributed by atoms with Gasteiger partial charge in [0.1, 0.15) is 12.9 Å². The number of rotatable bonds is 3. The lowest BCUT2D eigenvalue weighted by Gasteiger charge is -1.91. The van der Waals surface area contributed by atoms with Crippen molar-refractivity contribution in [3.63, 3.8) is 0 Å². The minimum absolute atomic E-state index is 0.0266. The first-order valence-corrected chi connectivity index (χ1v) is 3.16. The largest absolute Gasteiger partial charge is 0.298 e. The van der Waals surface area contributed by atoms with E-state index in [0.29, 0.717) is 0 Å². The molecule has 0 spiro atoms. The highest BCUT2D eigenvalue weighted by molar-refractivity contribution is 5.75. The molecule has 0 radical (unpaired) electrons. The number of carbonyl (C=O) groups excluding carboxylic acids is 1. The van der Waals surface area contributed by atoms with Gasteiger partial charge in [0.15, 0.2) is 5.78 Å². The monoisotopic (exact) mass is 166 g/mol. The number of Topliss-reactive ketones (excluding diaryl/α,β-unsaturated/α-hetero) is 1. The Morgan fingerprint density at radius 3 is 3.25 bits per heavy atom. The molecule has 1 aromatic heterocycles. The Morgan fingerprint density at radius 2 is 2.67 bits per heavy atom. The van der Waals surface area contributed by atoms with Crippen molar-refractivity contribution in [1.82, 2.24) is 14.8 Å². The molecule has 0 aliphatic rings. The van der Waals surface area contributed by atoms with Crippen LogP contribution in [0.4, 0.5) is 5.95 Å². The third kappa shape index (κ3) is 2.06. The van der Waals surface area contributed by atoms with Gasteiger partial charge in [-0.15, -0.1) is 5.10 Å². The number of nitrogens with zero attached hydrogens (tertiary/aromatic N) is 6. The van der Waals surface area contributed by atoms with E-state index in [4.69, 9.17) is 5.53 Å². The zero-order valence-electron chi connectivity index (χ0n) is 6.38. The average Bonchev–Trinajstić information content (AvgIpc) is 2.36. The minimum Gasteiger partial charge on any atom is -0.298 e. The summed E-state index contributed by atoms with van der Waals surface area (Å²) in [4.78, 5) is 16.7. The van der Waals surface area contributed by atoms with Crippen molar-refractivity contribution in [2.75, 3.05) is 0 Å². The van der Waals surface area contributed by atoms with Crippen molar-refractivity contribution in [2.45, 2.75) is 13.5 Å². The van der Waals surface area contributed by atoms with Gasteiger partial charge in [0.2, 0.25) is 5.95 Å². The number of carbonyl (C=O) groups is 1. The third-order valence-corrected chi connectivity index (χ3v) is 1.04. The molecule has 1 aromatic rings. The summed E-state index contributed by atoms with van der Waals surface area (Å²) in [7, 11) is 0. The maximum Gasteiger partial charge on any atom is 0.237 e. The Labute approximate surface area is 67.6 Å². The Hall–Kier alpha value is -1.88. The first-order valence-electron chi connectivity index (χ1n) is 3.16. The molecule has 0 fully saturated rings. The molecule has 0 aliphatic heterocycles. The van der Waals surface area contributed by atoms with E-state index in [1.165, 1.54) is 17.9 Å². The van der Waals surface area contributed by atoms with Crippen molar-refractivity contribution < 1.29 is 4.79 Å². The first-order chi connectivity index (χ1) is 5.72. The molecule has 1 rings (SSSR count). The van der Waals surface area contributed by atoms with Gasteiger partial charge in [-0.1, -0.05) is 0 Å². The highest BCUT2D eigenvalue weighted by Crippen LogP contribution is 2.00. The molecule has 0 aromatic carbocycles. The fraction of sp³-hybridized carbons (Fsp3) is 0.400. The topological polar surface area (TPSA) is 96.5 Å². The van der Waals surface area contributed by atoms with E-state index in [9.17, 15) is 4.79 Å². The normalized spacial score (nSPS) is 9.08. The molecule has 0 aliphatic carbocycles. The van der Waals surface area contributed by atoms with Gasteiger partial charge in [-0.2, -0.15) is 0 Å². The molecule has 12 heavy (non-hydrogen) atoms. The van der Waals surface area contributed by atoms with Gasteiger partial charge >= 0.3 is 0 Å². The quantitative estimate of drug-likeness (QED) is 0.377. The highest BCUT2D eigenvalue weighted by atomic mass is 16.1. The molecule has 0 amide bonds. The van der Waals surface area contributed by atoms with Gasteiger partial charge in [0.05, 0.1) is 0 Å². The molecule has 0 atom stereocenters. The van der Waals surface area contributed by atoms with Gasteiger partial charge < -0.3 is 0 Å². The lowest BCUT2D eigenvalue weighted by atomic mass is 10.5. The van der Waals surface area contributed by atoms with Crippen molar-refractivity contribution in [3.8, 4) is 0 Å². The van der Waals surface area contributed by atoms with Gasteiger partial charge in [-0.3, -0.25) is 4.79 Å². The summed E-state index contributed by atoms with van der Waals surface area (Å²) in [6, 6.07) is 0. The lowest BCUT2D eigenvalue weighted by molar-refractivity contribution is -0.117. The fourth-order valence-corrected chi connectivity index (χ4v) is 0.675. The van der Waals surface area contributed by atoms with Crippen molar-refractivity contribution >= 4 is 11.7 Å². The van der Waals surface area contributed by atoms with E-state index in [0.717, 1.165) is 0 Å². The van der Waals surface area contributed by atoms with E-state index >= 15 is 0 Å². The number of aromatic nitrogens is 3. The van der Waals surface area contributed by atoms with Crippen LogP contribution in [-0.2, 0) is 11.3 Å². The van der Waals surface area contributed by atoms with E-state index < -0.39 is 0 Å². The average molecular weight is 166 g/mol. The molecule has 0 bridgehead atoms. The Bertz CT molecular complexity index is 335. The second-order valence-electron chi connectivity index (χ2n) is 2.13. The second kappa shape index (κ2) is 3.49. The maximum atomic E-state index is 10.6. The van der Waals surface area contributed by atoms with Crippen LogP contribution in [0.1, 0.15) is 6.92 Å². The van der Waals surface area contributed by atoms with Crippen LogP contribution in [0, 0.1) is 0 Å². The zero-order valence-corrected chi connectivity index (χ0v) is 6.38. The predicted molar refractivity (Wildman–Crippen MR) is 39.5 cm³/mol. The van der Waals surface area contributed by atoms with E-state index in [-0.39, 0.29) is 18.3 Å². The van der Waals surface area contributed by atoms with Crippen LogP contribution in [0.15, 0.2) is 11.4 Å². The molecule has 0 N–H and O–H groups in total. The Balaban J connectivity index is 2.77. The van der Waals surface area contributed by atoms with Gasteiger partial charge in [-0.05, 0) is 17.6 Å². The summed E-state index contributed by atoms with van der Waals surface area (Å²) >= 11 is 0.